The Kier molecular flexibility index (Phi) is 9.08. The second kappa shape index (κ2) is 11.3. The van der Waals surface area contributed by atoms with E-state index in [0.29, 0.717) is 25.0 Å². The molecule has 0 aromatic heterocycles. The Bertz CT molecular complexity index is 591. The van der Waals surface area contributed by atoms with Crippen molar-refractivity contribution in [3.8, 4) is 0 Å². The molecule has 27 heavy (non-hydrogen) atoms. The molecule has 0 saturated heterocycles. The molecule has 0 spiro atoms. The molecule has 1 aromatic rings. The zero-order chi connectivity index (χ0) is 19.6. The number of aryl methyl sites for hydroxylation is 1. The third-order valence-electron chi connectivity index (χ3n) is 5.76. The number of carbonyl (C=O) groups excluding carboxylic acids is 1. The predicted molar refractivity (Wildman–Crippen MR) is 109 cm³/mol. The smallest absolute Gasteiger partial charge is 0.407 e. The van der Waals surface area contributed by atoms with Gasteiger partial charge in [-0.3, -0.25) is 0 Å². The monoisotopic (exact) mass is 376 g/mol. The number of nitrogens with one attached hydrogen (secondary N) is 1. The first-order valence-electron chi connectivity index (χ1n) is 10.4. The highest BCUT2D eigenvalue weighted by Gasteiger charge is 2.27. The number of ether oxygens (including phenoxy) is 1. The number of carbonyl (C=O) groups is 1. The number of hydrogen-bond acceptors (Lipinski definition) is 4. The third kappa shape index (κ3) is 6.22. The van der Waals surface area contributed by atoms with Gasteiger partial charge in [-0.15, -0.1) is 0 Å². The number of amides is 1. The molecule has 1 aromatic carbocycles. The van der Waals surface area contributed by atoms with Gasteiger partial charge in [-0.05, 0) is 74.1 Å². The Balaban J connectivity index is 0.00000126. The molecule has 3 rings (SSSR count). The highest BCUT2D eigenvalue weighted by molar-refractivity contribution is 5.67. The fourth-order valence-corrected chi connectivity index (χ4v) is 4.20. The van der Waals surface area contributed by atoms with Crippen molar-refractivity contribution in [2.45, 2.75) is 70.3 Å². The van der Waals surface area contributed by atoms with Crippen LogP contribution in [0.4, 0.5) is 4.79 Å². The first kappa shape index (κ1) is 21.7. The highest BCUT2D eigenvalue weighted by Crippen LogP contribution is 2.39. The summed E-state index contributed by atoms with van der Waals surface area (Å²) in [5.41, 5.74) is 8.65. The summed E-state index contributed by atoms with van der Waals surface area (Å²) in [6.07, 6.45) is 7.91. The Morgan fingerprint density at radius 2 is 2.07 bits per heavy atom. The SMILES string of the molecule is CCCCNC(=O)OC1CCc2cc(C3CCC(CO)C3)ccc2C1.CN. The molecule has 0 radical (unpaired) electrons. The summed E-state index contributed by atoms with van der Waals surface area (Å²) in [4.78, 5) is 11.8. The summed E-state index contributed by atoms with van der Waals surface area (Å²) in [7, 11) is 1.50. The molecule has 1 amide bonds. The first-order chi connectivity index (χ1) is 13.2. The van der Waals surface area contributed by atoms with Crippen LogP contribution in [0.25, 0.3) is 0 Å². The quantitative estimate of drug-likeness (QED) is 0.663. The van der Waals surface area contributed by atoms with E-state index in [1.807, 2.05) is 0 Å². The fourth-order valence-electron chi connectivity index (χ4n) is 4.20. The van der Waals surface area contributed by atoms with Gasteiger partial charge in [0, 0.05) is 19.6 Å². The highest BCUT2D eigenvalue weighted by atomic mass is 16.6. The van der Waals surface area contributed by atoms with Crippen molar-refractivity contribution >= 4 is 6.09 Å². The number of unbranched alkanes of at least 4 members (excludes halogenated alkanes) is 1. The van der Waals surface area contributed by atoms with E-state index in [0.717, 1.165) is 44.9 Å². The van der Waals surface area contributed by atoms with Crippen molar-refractivity contribution in [3.63, 3.8) is 0 Å². The molecule has 2 aliphatic rings. The Labute approximate surface area is 163 Å². The summed E-state index contributed by atoms with van der Waals surface area (Å²) in [6.45, 7) is 3.12. The summed E-state index contributed by atoms with van der Waals surface area (Å²) in [6, 6.07) is 6.83. The van der Waals surface area contributed by atoms with Gasteiger partial charge in [-0.2, -0.15) is 0 Å². The largest absolute Gasteiger partial charge is 0.446 e. The second-order valence-electron chi connectivity index (χ2n) is 7.64. The van der Waals surface area contributed by atoms with Gasteiger partial charge >= 0.3 is 6.09 Å². The standard InChI is InChI=1S/C21H31NO3.CH5N/c1-2-3-10-22-21(24)25-20-9-8-18-12-17(6-7-19(18)13-20)16-5-4-15(11-16)14-23;1-2/h6-7,12,15-16,20,23H,2-5,8-11,13-14H2,1H3,(H,22,24);2H2,1H3. The van der Waals surface area contributed by atoms with Gasteiger partial charge in [0.15, 0.2) is 0 Å². The van der Waals surface area contributed by atoms with E-state index in [-0.39, 0.29) is 12.2 Å². The predicted octanol–water partition coefficient (Wildman–Crippen LogP) is 3.52. The lowest BCUT2D eigenvalue weighted by molar-refractivity contribution is 0.0895. The van der Waals surface area contributed by atoms with Crippen molar-refractivity contribution in [1.29, 1.82) is 0 Å². The average Bonchev–Trinajstić information content (AvgIpc) is 3.18. The molecular formula is C22H36N2O3. The van der Waals surface area contributed by atoms with Gasteiger partial charge in [0.2, 0.25) is 0 Å². The maximum absolute atomic E-state index is 11.8. The van der Waals surface area contributed by atoms with Crippen molar-refractivity contribution in [2.24, 2.45) is 11.7 Å². The molecule has 0 bridgehead atoms. The van der Waals surface area contributed by atoms with Crippen LogP contribution in [0.5, 0.6) is 0 Å². The minimum absolute atomic E-state index is 0.00905. The van der Waals surface area contributed by atoms with Gasteiger partial charge in [-0.25, -0.2) is 4.79 Å². The van der Waals surface area contributed by atoms with Gasteiger partial charge in [0.1, 0.15) is 6.10 Å². The van der Waals surface area contributed by atoms with E-state index in [1.54, 1.807) is 0 Å². The Hall–Kier alpha value is -1.59. The fraction of sp³-hybridized carbons (Fsp3) is 0.682. The normalized spacial score (nSPS) is 23.8. The molecule has 0 heterocycles. The number of hydrogen-bond donors (Lipinski definition) is 3. The van der Waals surface area contributed by atoms with Crippen LogP contribution in [-0.4, -0.2) is 37.5 Å². The van der Waals surface area contributed by atoms with Crippen molar-refractivity contribution in [1.82, 2.24) is 5.32 Å². The number of rotatable bonds is 6. The molecule has 3 unspecified atom stereocenters. The van der Waals surface area contributed by atoms with E-state index in [1.165, 1.54) is 30.2 Å². The second-order valence-corrected chi connectivity index (χ2v) is 7.64. The van der Waals surface area contributed by atoms with Crippen LogP contribution in [0.1, 0.15) is 68.1 Å². The van der Waals surface area contributed by atoms with Crippen molar-refractivity contribution in [3.05, 3.63) is 34.9 Å². The van der Waals surface area contributed by atoms with E-state index in [4.69, 9.17) is 4.74 Å². The minimum atomic E-state index is -0.278. The van der Waals surface area contributed by atoms with Crippen LogP contribution < -0.4 is 11.1 Å². The molecule has 152 valence electrons. The third-order valence-corrected chi connectivity index (χ3v) is 5.76. The van der Waals surface area contributed by atoms with E-state index >= 15 is 0 Å². The van der Waals surface area contributed by atoms with Gasteiger partial charge in [0.05, 0.1) is 0 Å². The first-order valence-corrected chi connectivity index (χ1v) is 10.4. The summed E-state index contributed by atoms with van der Waals surface area (Å²) >= 11 is 0. The lowest BCUT2D eigenvalue weighted by Crippen LogP contribution is -2.32. The van der Waals surface area contributed by atoms with Gasteiger partial charge < -0.3 is 20.9 Å². The number of aliphatic hydroxyl groups excluding tert-OH is 1. The van der Waals surface area contributed by atoms with Crippen molar-refractivity contribution in [2.75, 3.05) is 20.2 Å². The van der Waals surface area contributed by atoms with E-state index < -0.39 is 0 Å². The van der Waals surface area contributed by atoms with Gasteiger partial charge in [0.25, 0.3) is 0 Å². The van der Waals surface area contributed by atoms with Crippen LogP contribution in [0.15, 0.2) is 18.2 Å². The number of alkyl carbamates (subject to hydrolysis) is 1. The number of nitrogens with two attached hydrogens (primary N) is 1. The molecule has 5 heteroatoms. The molecule has 3 atom stereocenters. The van der Waals surface area contributed by atoms with Crippen LogP contribution in [-0.2, 0) is 17.6 Å². The lowest BCUT2D eigenvalue weighted by Gasteiger charge is -2.26. The molecule has 1 saturated carbocycles. The Morgan fingerprint density at radius 1 is 1.26 bits per heavy atom. The Morgan fingerprint density at radius 3 is 2.78 bits per heavy atom. The van der Waals surface area contributed by atoms with Crippen LogP contribution >= 0.6 is 0 Å². The van der Waals surface area contributed by atoms with Crippen LogP contribution in [0, 0.1) is 5.92 Å². The summed E-state index contributed by atoms with van der Waals surface area (Å²) in [5.74, 6) is 1.07. The zero-order valence-electron chi connectivity index (χ0n) is 16.9. The molecular weight excluding hydrogens is 340 g/mol. The number of fused-ring (bicyclic) bond motifs is 1. The van der Waals surface area contributed by atoms with Crippen LogP contribution in [0.2, 0.25) is 0 Å². The molecule has 0 aliphatic heterocycles. The van der Waals surface area contributed by atoms with E-state index in [2.05, 4.69) is 36.2 Å². The summed E-state index contributed by atoms with van der Waals surface area (Å²) < 4.78 is 5.58. The maximum Gasteiger partial charge on any atom is 0.407 e. The molecule has 5 nitrogen and oxygen atoms in total. The van der Waals surface area contributed by atoms with Gasteiger partial charge in [-0.1, -0.05) is 31.5 Å². The maximum atomic E-state index is 11.8. The topological polar surface area (TPSA) is 84.6 Å². The minimum Gasteiger partial charge on any atom is -0.446 e. The van der Waals surface area contributed by atoms with Crippen LogP contribution in [0.3, 0.4) is 0 Å². The lowest BCUT2D eigenvalue weighted by atomic mass is 9.85. The molecule has 1 fully saturated rings. The van der Waals surface area contributed by atoms with Crippen molar-refractivity contribution < 1.29 is 14.6 Å². The molecule has 4 N–H and O–H groups in total. The summed E-state index contributed by atoms with van der Waals surface area (Å²) in [5, 5.41) is 12.2. The molecule has 2 aliphatic carbocycles. The number of benzene rings is 1. The zero-order valence-corrected chi connectivity index (χ0v) is 16.9. The van der Waals surface area contributed by atoms with E-state index in [9.17, 15) is 9.90 Å². The average molecular weight is 377 g/mol. The number of aliphatic hydroxyl groups is 1.